The van der Waals surface area contributed by atoms with Crippen LogP contribution in [0.1, 0.15) is 41.5 Å². The van der Waals surface area contributed by atoms with Gasteiger partial charge in [0.15, 0.2) is 8.32 Å². The predicted molar refractivity (Wildman–Crippen MR) is 78.9 cm³/mol. The molecule has 0 aromatic heterocycles. The fourth-order valence-corrected chi connectivity index (χ4v) is 8.48. The second-order valence-corrected chi connectivity index (χ2v) is 11.2. The summed E-state index contributed by atoms with van der Waals surface area (Å²) >= 11 is 0. The summed E-state index contributed by atoms with van der Waals surface area (Å²) in [6.07, 6.45) is 0. The Morgan fingerprint density at radius 1 is 0.941 bits per heavy atom. The summed E-state index contributed by atoms with van der Waals surface area (Å²) in [5, 5.41) is 3.30. The first-order valence-corrected chi connectivity index (χ1v) is 9.08. The summed E-state index contributed by atoms with van der Waals surface area (Å²) in [6, 6.07) is 0. The van der Waals surface area contributed by atoms with Crippen LogP contribution in [0, 0.1) is 0 Å². The standard InChI is InChI=1S/C13H32N2OSi/c1-11(2)17(12(3)4,13(5)6)16-10-9-15-8-7-14/h11-13,15H,7-10,14H2,1-6H3. The van der Waals surface area contributed by atoms with Gasteiger partial charge in [0.25, 0.3) is 0 Å². The Bertz CT molecular complexity index is 174. The zero-order valence-corrected chi connectivity index (χ0v) is 13.5. The molecule has 0 aliphatic rings. The van der Waals surface area contributed by atoms with E-state index in [0.29, 0.717) is 23.2 Å². The first-order valence-electron chi connectivity index (χ1n) is 6.94. The van der Waals surface area contributed by atoms with Crippen LogP contribution in [-0.4, -0.2) is 34.6 Å². The summed E-state index contributed by atoms with van der Waals surface area (Å²) in [5.74, 6) is 0. The third-order valence-electron chi connectivity index (χ3n) is 3.66. The van der Waals surface area contributed by atoms with Crippen LogP contribution in [0.25, 0.3) is 0 Å². The van der Waals surface area contributed by atoms with Gasteiger partial charge in [-0.25, -0.2) is 0 Å². The molecule has 0 rings (SSSR count). The van der Waals surface area contributed by atoms with Gasteiger partial charge in [-0.3, -0.25) is 0 Å². The van der Waals surface area contributed by atoms with E-state index in [1.807, 2.05) is 0 Å². The van der Waals surface area contributed by atoms with Crippen molar-refractivity contribution in [3.05, 3.63) is 0 Å². The Labute approximate surface area is 109 Å². The van der Waals surface area contributed by atoms with Gasteiger partial charge in [0.2, 0.25) is 0 Å². The molecule has 0 aliphatic heterocycles. The summed E-state index contributed by atoms with van der Waals surface area (Å²) in [7, 11) is -1.66. The van der Waals surface area contributed by atoms with Crippen molar-refractivity contribution in [3.8, 4) is 0 Å². The fraction of sp³-hybridized carbons (Fsp3) is 1.00. The van der Waals surface area contributed by atoms with Gasteiger partial charge in [0, 0.05) is 26.2 Å². The summed E-state index contributed by atoms with van der Waals surface area (Å²) in [6.45, 7) is 17.2. The zero-order valence-electron chi connectivity index (χ0n) is 12.5. The topological polar surface area (TPSA) is 47.3 Å². The molecule has 3 nitrogen and oxygen atoms in total. The quantitative estimate of drug-likeness (QED) is 0.495. The molecule has 0 aromatic rings. The van der Waals surface area contributed by atoms with Crippen molar-refractivity contribution >= 4 is 8.32 Å². The van der Waals surface area contributed by atoms with E-state index in [0.717, 1.165) is 19.7 Å². The molecule has 0 saturated carbocycles. The highest BCUT2D eigenvalue weighted by molar-refractivity contribution is 6.77. The van der Waals surface area contributed by atoms with Gasteiger partial charge in [0.1, 0.15) is 0 Å². The van der Waals surface area contributed by atoms with Crippen LogP contribution in [0.3, 0.4) is 0 Å². The lowest BCUT2D eigenvalue weighted by Crippen LogP contribution is -2.48. The Kier molecular flexibility index (Phi) is 8.29. The van der Waals surface area contributed by atoms with Crippen LogP contribution in [0.4, 0.5) is 0 Å². The Morgan fingerprint density at radius 3 is 1.76 bits per heavy atom. The third kappa shape index (κ3) is 4.70. The smallest absolute Gasteiger partial charge is 0.200 e. The Hall–Kier alpha value is 0.0969. The van der Waals surface area contributed by atoms with Crippen molar-refractivity contribution in [2.24, 2.45) is 5.73 Å². The Balaban J connectivity index is 4.38. The van der Waals surface area contributed by atoms with E-state index in [9.17, 15) is 0 Å². The van der Waals surface area contributed by atoms with Gasteiger partial charge >= 0.3 is 0 Å². The first-order chi connectivity index (χ1) is 7.89. The molecule has 0 bridgehead atoms. The SMILES string of the molecule is CC(C)[Si](OCCNCCN)(C(C)C)C(C)C. The number of hydrogen-bond donors (Lipinski definition) is 2. The minimum absolute atomic E-state index is 0.664. The second kappa shape index (κ2) is 8.24. The molecule has 0 saturated heterocycles. The van der Waals surface area contributed by atoms with E-state index in [-0.39, 0.29) is 0 Å². The lowest BCUT2D eigenvalue weighted by molar-refractivity contribution is 0.276. The summed E-state index contributed by atoms with van der Waals surface area (Å²) in [4.78, 5) is 0. The van der Waals surface area contributed by atoms with Crippen LogP contribution in [0.5, 0.6) is 0 Å². The van der Waals surface area contributed by atoms with Crippen molar-refractivity contribution in [3.63, 3.8) is 0 Å². The molecule has 3 N–H and O–H groups in total. The molecule has 4 heteroatoms. The molecule has 0 amide bonds. The number of nitrogens with one attached hydrogen (secondary N) is 1. The first kappa shape index (κ1) is 17.1. The highest BCUT2D eigenvalue weighted by atomic mass is 28.4. The zero-order chi connectivity index (χ0) is 13.5. The number of hydrogen-bond acceptors (Lipinski definition) is 3. The van der Waals surface area contributed by atoms with Gasteiger partial charge in [-0.2, -0.15) is 0 Å². The van der Waals surface area contributed by atoms with Crippen LogP contribution in [0.2, 0.25) is 16.6 Å². The van der Waals surface area contributed by atoms with Crippen LogP contribution >= 0.6 is 0 Å². The minimum atomic E-state index is -1.66. The van der Waals surface area contributed by atoms with E-state index >= 15 is 0 Å². The van der Waals surface area contributed by atoms with Crippen LogP contribution < -0.4 is 11.1 Å². The molecule has 0 fully saturated rings. The monoisotopic (exact) mass is 260 g/mol. The van der Waals surface area contributed by atoms with E-state index in [4.69, 9.17) is 10.2 Å². The maximum atomic E-state index is 6.40. The molecule has 0 aromatic carbocycles. The average Bonchev–Trinajstić information content (AvgIpc) is 2.21. The second-order valence-electron chi connectivity index (χ2n) is 5.70. The highest BCUT2D eigenvalue weighted by Crippen LogP contribution is 2.41. The van der Waals surface area contributed by atoms with E-state index in [1.54, 1.807) is 0 Å². The van der Waals surface area contributed by atoms with E-state index in [1.165, 1.54) is 0 Å². The number of nitrogens with two attached hydrogens (primary N) is 1. The van der Waals surface area contributed by atoms with Gasteiger partial charge in [-0.1, -0.05) is 41.5 Å². The Morgan fingerprint density at radius 2 is 1.41 bits per heavy atom. The third-order valence-corrected chi connectivity index (χ3v) is 9.78. The molecule has 104 valence electrons. The summed E-state index contributed by atoms with van der Waals surface area (Å²) < 4.78 is 6.40. The normalized spacial score (nSPS) is 13.1. The van der Waals surface area contributed by atoms with E-state index < -0.39 is 8.32 Å². The van der Waals surface area contributed by atoms with Crippen LogP contribution in [-0.2, 0) is 4.43 Å². The van der Waals surface area contributed by atoms with Gasteiger partial charge < -0.3 is 15.5 Å². The number of rotatable bonds is 9. The predicted octanol–water partition coefficient (Wildman–Crippen LogP) is 2.73. The van der Waals surface area contributed by atoms with Crippen molar-refractivity contribution in [1.29, 1.82) is 0 Å². The summed E-state index contributed by atoms with van der Waals surface area (Å²) in [5.41, 5.74) is 7.44. The van der Waals surface area contributed by atoms with Gasteiger partial charge in [-0.05, 0) is 16.6 Å². The molecule has 17 heavy (non-hydrogen) atoms. The van der Waals surface area contributed by atoms with Gasteiger partial charge in [-0.15, -0.1) is 0 Å². The molecule has 0 unspecified atom stereocenters. The van der Waals surface area contributed by atoms with Crippen molar-refractivity contribution in [2.75, 3.05) is 26.2 Å². The van der Waals surface area contributed by atoms with Crippen molar-refractivity contribution in [2.45, 2.75) is 58.2 Å². The van der Waals surface area contributed by atoms with E-state index in [2.05, 4.69) is 46.9 Å². The van der Waals surface area contributed by atoms with Gasteiger partial charge in [0.05, 0.1) is 0 Å². The molecule has 0 radical (unpaired) electrons. The van der Waals surface area contributed by atoms with Crippen LogP contribution in [0.15, 0.2) is 0 Å². The molecule has 0 atom stereocenters. The molecular weight excluding hydrogens is 228 g/mol. The maximum absolute atomic E-state index is 6.40. The minimum Gasteiger partial charge on any atom is -0.415 e. The largest absolute Gasteiger partial charge is 0.415 e. The average molecular weight is 260 g/mol. The highest BCUT2D eigenvalue weighted by Gasteiger charge is 2.44. The molecule has 0 heterocycles. The molecule has 0 aliphatic carbocycles. The molecule has 0 spiro atoms. The fourth-order valence-electron chi connectivity index (χ4n) is 3.03. The molecular formula is C13H32N2OSi. The van der Waals surface area contributed by atoms with Crippen molar-refractivity contribution < 1.29 is 4.43 Å². The maximum Gasteiger partial charge on any atom is 0.200 e. The van der Waals surface area contributed by atoms with Crippen molar-refractivity contribution in [1.82, 2.24) is 5.32 Å². The lowest BCUT2D eigenvalue weighted by atomic mass is 10.5. The lowest BCUT2D eigenvalue weighted by Gasteiger charge is -2.42.